The molecule has 0 radical (unpaired) electrons. The molecule has 1 aliphatic rings. The van der Waals surface area contributed by atoms with E-state index in [9.17, 15) is 0 Å². The quantitative estimate of drug-likeness (QED) is 0.866. The molecule has 0 saturated carbocycles. The molecule has 0 N–H and O–H groups in total. The van der Waals surface area contributed by atoms with Gasteiger partial charge in [0.1, 0.15) is 5.82 Å². The molecule has 2 aromatic rings. The number of aromatic nitrogens is 2. The number of imidazole rings is 1. The highest BCUT2D eigenvalue weighted by atomic mass is 15.2. The van der Waals surface area contributed by atoms with Crippen LogP contribution in [0.5, 0.6) is 0 Å². The van der Waals surface area contributed by atoms with Gasteiger partial charge < -0.3 is 4.57 Å². The fourth-order valence-corrected chi connectivity index (χ4v) is 3.26. The minimum Gasteiger partial charge on any atom is -0.326 e. The number of nitriles is 1. The van der Waals surface area contributed by atoms with Gasteiger partial charge in [-0.15, -0.1) is 0 Å². The maximum atomic E-state index is 9.16. The zero-order chi connectivity index (χ0) is 15.4. The summed E-state index contributed by atoms with van der Waals surface area (Å²) in [4.78, 5) is 7.35. The van der Waals surface area contributed by atoms with E-state index in [0.29, 0.717) is 0 Å². The van der Waals surface area contributed by atoms with Crippen LogP contribution in [-0.2, 0) is 13.1 Å². The molecule has 0 amide bonds. The Morgan fingerprint density at radius 3 is 2.64 bits per heavy atom. The Morgan fingerprint density at radius 2 is 1.91 bits per heavy atom. The van der Waals surface area contributed by atoms with Crippen LogP contribution in [0, 0.1) is 17.2 Å². The predicted octanol–water partition coefficient (Wildman–Crippen LogP) is 3.57. The van der Waals surface area contributed by atoms with Gasteiger partial charge >= 0.3 is 0 Å². The van der Waals surface area contributed by atoms with Crippen molar-refractivity contribution < 1.29 is 0 Å². The molecule has 2 heterocycles. The fraction of sp³-hybridized carbons (Fsp3) is 0.556. The van der Waals surface area contributed by atoms with Crippen LogP contribution >= 0.6 is 0 Å². The Morgan fingerprint density at radius 1 is 1.18 bits per heavy atom. The molecule has 1 aliphatic heterocycles. The van der Waals surface area contributed by atoms with Crippen molar-refractivity contribution in [3.8, 4) is 6.07 Å². The van der Waals surface area contributed by atoms with Crippen LogP contribution in [0.4, 0.5) is 0 Å². The Bertz CT molecular complexity index is 659. The van der Waals surface area contributed by atoms with Gasteiger partial charge in [0.05, 0.1) is 29.6 Å². The third-order valence-electron chi connectivity index (χ3n) is 4.47. The van der Waals surface area contributed by atoms with E-state index in [1.807, 2.05) is 19.1 Å². The SMILES string of the molecule is CC(C#N)Cn1c(CN2CCCCCC2)nc2ccccc21. The van der Waals surface area contributed by atoms with Gasteiger partial charge in [0.15, 0.2) is 0 Å². The van der Waals surface area contributed by atoms with E-state index in [-0.39, 0.29) is 5.92 Å². The lowest BCUT2D eigenvalue weighted by Gasteiger charge is -2.20. The summed E-state index contributed by atoms with van der Waals surface area (Å²) in [6.45, 7) is 5.92. The van der Waals surface area contributed by atoms with Crippen LogP contribution < -0.4 is 0 Å². The number of rotatable bonds is 4. The van der Waals surface area contributed by atoms with E-state index in [0.717, 1.165) is 43.0 Å². The first-order chi connectivity index (χ1) is 10.8. The molecule has 0 aliphatic carbocycles. The van der Waals surface area contributed by atoms with Crippen molar-refractivity contribution in [2.45, 2.75) is 45.7 Å². The molecule has 1 aromatic carbocycles. The largest absolute Gasteiger partial charge is 0.326 e. The number of fused-ring (bicyclic) bond motifs is 1. The number of hydrogen-bond acceptors (Lipinski definition) is 3. The summed E-state index contributed by atoms with van der Waals surface area (Å²) in [6, 6.07) is 10.6. The maximum Gasteiger partial charge on any atom is 0.124 e. The monoisotopic (exact) mass is 296 g/mol. The lowest BCUT2D eigenvalue weighted by atomic mass is 10.2. The topological polar surface area (TPSA) is 44.9 Å². The van der Waals surface area contributed by atoms with Crippen molar-refractivity contribution in [3.05, 3.63) is 30.1 Å². The highest BCUT2D eigenvalue weighted by Gasteiger charge is 2.16. The van der Waals surface area contributed by atoms with Gasteiger partial charge in [0.2, 0.25) is 0 Å². The lowest BCUT2D eigenvalue weighted by Crippen LogP contribution is -2.26. The van der Waals surface area contributed by atoms with E-state index < -0.39 is 0 Å². The Hall–Kier alpha value is -1.86. The highest BCUT2D eigenvalue weighted by Crippen LogP contribution is 2.20. The normalized spacial score (nSPS) is 18.0. The molecule has 3 rings (SSSR count). The van der Waals surface area contributed by atoms with Crippen LogP contribution in [0.1, 0.15) is 38.4 Å². The summed E-state index contributed by atoms with van der Waals surface area (Å²) in [5.74, 6) is 1.10. The molecule has 4 nitrogen and oxygen atoms in total. The number of benzene rings is 1. The Kier molecular flexibility index (Phi) is 4.74. The van der Waals surface area contributed by atoms with Crippen LogP contribution in [-0.4, -0.2) is 27.5 Å². The molecule has 1 aromatic heterocycles. The fourth-order valence-electron chi connectivity index (χ4n) is 3.26. The Labute approximate surface area is 132 Å². The van der Waals surface area contributed by atoms with Gasteiger partial charge in [-0.1, -0.05) is 25.0 Å². The van der Waals surface area contributed by atoms with Gasteiger partial charge in [-0.2, -0.15) is 5.26 Å². The van der Waals surface area contributed by atoms with Gasteiger partial charge in [-0.25, -0.2) is 4.98 Å². The third-order valence-corrected chi connectivity index (χ3v) is 4.47. The highest BCUT2D eigenvalue weighted by molar-refractivity contribution is 5.75. The van der Waals surface area contributed by atoms with E-state index in [1.165, 1.54) is 25.7 Å². The van der Waals surface area contributed by atoms with Crippen molar-refractivity contribution in [3.63, 3.8) is 0 Å². The number of para-hydroxylation sites is 2. The third kappa shape index (κ3) is 3.31. The van der Waals surface area contributed by atoms with Crippen molar-refractivity contribution in [2.75, 3.05) is 13.1 Å². The summed E-state index contributed by atoms with van der Waals surface area (Å²) >= 11 is 0. The summed E-state index contributed by atoms with van der Waals surface area (Å²) in [5, 5.41) is 9.16. The molecule has 22 heavy (non-hydrogen) atoms. The van der Waals surface area contributed by atoms with Crippen LogP contribution in [0.15, 0.2) is 24.3 Å². The van der Waals surface area contributed by atoms with E-state index in [4.69, 9.17) is 10.2 Å². The first-order valence-corrected chi connectivity index (χ1v) is 8.34. The van der Waals surface area contributed by atoms with Crippen molar-refractivity contribution in [1.82, 2.24) is 14.5 Å². The number of likely N-dealkylation sites (tertiary alicyclic amines) is 1. The lowest BCUT2D eigenvalue weighted by molar-refractivity contribution is 0.265. The second-order valence-electron chi connectivity index (χ2n) is 6.35. The zero-order valence-electron chi connectivity index (χ0n) is 13.3. The smallest absolute Gasteiger partial charge is 0.124 e. The molecule has 0 bridgehead atoms. The summed E-state index contributed by atoms with van der Waals surface area (Å²) in [7, 11) is 0. The van der Waals surface area contributed by atoms with Crippen LogP contribution in [0.2, 0.25) is 0 Å². The average molecular weight is 296 g/mol. The summed E-state index contributed by atoms with van der Waals surface area (Å²) < 4.78 is 2.24. The molecule has 116 valence electrons. The Balaban J connectivity index is 1.89. The van der Waals surface area contributed by atoms with Crippen LogP contribution in [0.25, 0.3) is 11.0 Å². The van der Waals surface area contributed by atoms with Crippen molar-refractivity contribution in [1.29, 1.82) is 5.26 Å². The molecule has 1 saturated heterocycles. The molecule has 1 fully saturated rings. The van der Waals surface area contributed by atoms with Crippen molar-refractivity contribution in [2.24, 2.45) is 5.92 Å². The van der Waals surface area contributed by atoms with E-state index in [1.54, 1.807) is 0 Å². The molecule has 1 unspecified atom stereocenters. The van der Waals surface area contributed by atoms with E-state index in [2.05, 4.69) is 27.7 Å². The van der Waals surface area contributed by atoms with Gasteiger partial charge in [0, 0.05) is 6.54 Å². The predicted molar refractivity (Wildman–Crippen MR) is 88.3 cm³/mol. The standard InChI is InChI=1S/C18H24N4/c1-15(12-19)13-22-17-9-5-4-8-16(17)20-18(22)14-21-10-6-2-3-7-11-21/h4-5,8-9,15H,2-3,6-7,10-11,13-14H2,1H3. The average Bonchev–Trinajstić information content (AvgIpc) is 2.71. The van der Waals surface area contributed by atoms with Gasteiger partial charge in [0.25, 0.3) is 0 Å². The second kappa shape index (κ2) is 6.93. The van der Waals surface area contributed by atoms with Gasteiger partial charge in [-0.05, 0) is 45.0 Å². The molecular weight excluding hydrogens is 272 g/mol. The second-order valence-corrected chi connectivity index (χ2v) is 6.35. The minimum absolute atomic E-state index is 0.000453. The van der Waals surface area contributed by atoms with Gasteiger partial charge in [-0.3, -0.25) is 4.90 Å². The molecular formula is C18H24N4. The first-order valence-electron chi connectivity index (χ1n) is 8.34. The van der Waals surface area contributed by atoms with Crippen molar-refractivity contribution >= 4 is 11.0 Å². The molecule has 0 spiro atoms. The van der Waals surface area contributed by atoms with E-state index >= 15 is 0 Å². The molecule has 1 atom stereocenters. The zero-order valence-corrected chi connectivity index (χ0v) is 13.3. The first kappa shape index (κ1) is 15.1. The summed E-state index contributed by atoms with van der Waals surface area (Å²) in [6.07, 6.45) is 5.26. The maximum absolute atomic E-state index is 9.16. The number of hydrogen-bond donors (Lipinski definition) is 0. The van der Waals surface area contributed by atoms with Crippen LogP contribution in [0.3, 0.4) is 0 Å². The molecule has 4 heteroatoms. The minimum atomic E-state index is 0.000453. The summed E-state index contributed by atoms with van der Waals surface area (Å²) in [5.41, 5.74) is 2.19. The number of nitrogens with zero attached hydrogens (tertiary/aromatic N) is 4.